The minimum atomic E-state index is -0.401. The molecule has 0 radical (unpaired) electrons. The van der Waals surface area contributed by atoms with Crippen molar-refractivity contribution < 1.29 is 9.59 Å². The molecule has 0 N–H and O–H groups in total. The number of benzene rings is 3. The van der Waals surface area contributed by atoms with Gasteiger partial charge in [0.15, 0.2) is 0 Å². The molecule has 2 amide bonds. The number of halogens is 2. The maximum absolute atomic E-state index is 13.6. The molecular formula is C25H20Cl2N2O2. The van der Waals surface area contributed by atoms with Gasteiger partial charge in [0.05, 0.1) is 16.3 Å². The van der Waals surface area contributed by atoms with E-state index in [4.69, 9.17) is 23.2 Å². The smallest absolute Gasteiger partial charge is 0.282 e. The van der Waals surface area contributed by atoms with E-state index in [9.17, 15) is 9.59 Å². The molecule has 1 aliphatic heterocycles. The Balaban J connectivity index is 1.85. The van der Waals surface area contributed by atoms with Crippen molar-refractivity contribution in [1.82, 2.24) is 4.90 Å². The number of likely N-dealkylation sites (N-methyl/N-ethyl adjacent to an activating group) is 1. The molecule has 156 valence electrons. The maximum atomic E-state index is 13.6. The summed E-state index contributed by atoms with van der Waals surface area (Å²) < 4.78 is 0. The highest BCUT2D eigenvalue weighted by atomic mass is 35.5. The number of amides is 2. The molecule has 4 rings (SSSR count). The average molecular weight is 451 g/mol. The molecule has 6 heteroatoms. The van der Waals surface area contributed by atoms with Gasteiger partial charge < -0.3 is 4.90 Å². The van der Waals surface area contributed by atoms with Crippen molar-refractivity contribution in [2.24, 2.45) is 0 Å². The fourth-order valence-corrected chi connectivity index (χ4v) is 4.04. The van der Waals surface area contributed by atoms with Crippen molar-refractivity contribution in [3.63, 3.8) is 0 Å². The third kappa shape index (κ3) is 4.09. The Labute approximate surface area is 191 Å². The number of rotatable bonds is 6. The van der Waals surface area contributed by atoms with Crippen molar-refractivity contribution >= 4 is 46.3 Å². The zero-order valence-corrected chi connectivity index (χ0v) is 18.4. The Kier molecular flexibility index (Phi) is 6.12. The molecule has 1 heterocycles. The zero-order valence-electron chi connectivity index (χ0n) is 16.9. The quantitative estimate of drug-likeness (QED) is 0.445. The highest BCUT2D eigenvalue weighted by Gasteiger charge is 2.42. The second kappa shape index (κ2) is 8.96. The zero-order chi connectivity index (χ0) is 22.0. The maximum Gasteiger partial charge on any atom is 0.282 e. The standard InChI is InChI=1S/C25H20Cl2N2O2/c1-2-28(16-17-8-4-3-5-9-17)23-22(18-12-14-19(26)15-13-18)24(30)29(25(23)31)21-11-7-6-10-20(21)27/h3-15H,2,16H2,1H3. The normalized spacial score (nSPS) is 13.8. The summed E-state index contributed by atoms with van der Waals surface area (Å²) in [6.45, 7) is 3.02. The van der Waals surface area contributed by atoms with E-state index >= 15 is 0 Å². The third-order valence-electron chi connectivity index (χ3n) is 5.20. The van der Waals surface area contributed by atoms with Crippen molar-refractivity contribution in [1.29, 1.82) is 0 Å². The lowest BCUT2D eigenvalue weighted by molar-refractivity contribution is -0.120. The van der Waals surface area contributed by atoms with Gasteiger partial charge in [0.25, 0.3) is 11.8 Å². The SMILES string of the molecule is CCN(Cc1ccccc1)C1=C(c2ccc(Cl)cc2)C(=O)N(c2ccccc2Cl)C1=O. The fraction of sp³-hybridized carbons (Fsp3) is 0.120. The first-order valence-electron chi connectivity index (χ1n) is 9.93. The number of anilines is 1. The van der Waals surface area contributed by atoms with Crippen LogP contribution in [-0.2, 0) is 16.1 Å². The summed E-state index contributed by atoms with van der Waals surface area (Å²) in [4.78, 5) is 30.3. The number of para-hydroxylation sites is 1. The molecule has 0 spiro atoms. The summed E-state index contributed by atoms with van der Waals surface area (Å²) in [5, 5.41) is 0.897. The molecule has 1 aliphatic rings. The summed E-state index contributed by atoms with van der Waals surface area (Å²) in [7, 11) is 0. The monoisotopic (exact) mass is 450 g/mol. The largest absolute Gasteiger partial charge is 0.362 e. The molecule has 0 atom stereocenters. The molecule has 3 aromatic carbocycles. The fourth-order valence-electron chi connectivity index (χ4n) is 3.69. The van der Waals surface area contributed by atoms with Crippen LogP contribution in [0.4, 0.5) is 5.69 Å². The van der Waals surface area contributed by atoms with Crippen LogP contribution in [0, 0.1) is 0 Å². The Hall–Kier alpha value is -3.08. The lowest BCUT2D eigenvalue weighted by Gasteiger charge is -2.25. The van der Waals surface area contributed by atoms with E-state index in [1.807, 2.05) is 42.2 Å². The predicted octanol–water partition coefficient (Wildman–Crippen LogP) is 5.80. The molecule has 0 aromatic heterocycles. The van der Waals surface area contributed by atoms with Gasteiger partial charge in [-0.2, -0.15) is 0 Å². The second-order valence-electron chi connectivity index (χ2n) is 7.13. The minimum Gasteiger partial charge on any atom is -0.362 e. The first kappa shape index (κ1) is 21.2. The molecule has 3 aromatic rings. The van der Waals surface area contributed by atoms with Crippen LogP contribution in [0.25, 0.3) is 5.57 Å². The van der Waals surface area contributed by atoms with Gasteiger partial charge in [-0.05, 0) is 42.3 Å². The molecule has 4 nitrogen and oxygen atoms in total. The topological polar surface area (TPSA) is 40.6 Å². The van der Waals surface area contributed by atoms with Crippen molar-refractivity contribution in [2.45, 2.75) is 13.5 Å². The summed E-state index contributed by atoms with van der Waals surface area (Å²) in [6.07, 6.45) is 0. The summed E-state index contributed by atoms with van der Waals surface area (Å²) in [6, 6.07) is 23.7. The van der Waals surface area contributed by atoms with E-state index in [1.54, 1.807) is 48.5 Å². The summed E-state index contributed by atoms with van der Waals surface area (Å²) >= 11 is 12.4. The molecular weight excluding hydrogens is 431 g/mol. The van der Waals surface area contributed by atoms with E-state index in [-0.39, 0.29) is 5.91 Å². The van der Waals surface area contributed by atoms with Crippen molar-refractivity contribution in [3.05, 3.63) is 106 Å². The Bertz CT molecular complexity index is 1160. The van der Waals surface area contributed by atoms with Gasteiger partial charge in [0.2, 0.25) is 0 Å². The van der Waals surface area contributed by atoms with Gasteiger partial charge in [-0.3, -0.25) is 9.59 Å². The highest BCUT2D eigenvalue weighted by Crippen LogP contribution is 2.38. The van der Waals surface area contributed by atoms with Crippen molar-refractivity contribution in [2.75, 3.05) is 11.4 Å². The molecule has 0 bridgehead atoms. The summed E-state index contributed by atoms with van der Waals surface area (Å²) in [5.74, 6) is -0.789. The first-order chi connectivity index (χ1) is 15.0. The van der Waals surface area contributed by atoms with E-state index in [2.05, 4.69) is 0 Å². The lowest BCUT2D eigenvalue weighted by Crippen LogP contribution is -2.35. The molecule has 0 saturated carbocycles. The van der Waals surface area contributed by atoms with Gasteiger partial charge in [-0.25, -0.2) is 4.90 Å². The van der Waals surface area contributed by atoms with Crippen LogP contribution in [0.5, 0.6) is 0 Å². The lowest BCUT2D eigenvalue weighted by atomic mass is 10.0. The second-order valence-corrected chi connectivity index (χ2v) is 7.97. The van der Waals surface area contributed by atoms with Crippen LogP contribution in [0.15, 0.2) is 84.6 Å². The molecule has 0 unspecified atom stereocenters. The van der Waals surface area contributed by atoms with Gasteiger partial charge in [0, 0.05) is 18.1 Å². The number of carbonyl (C=O) groups excluding carboxylic acids is 2. The van der Waals surface area contributed by atoms with Crippen LogP contribution in [0.1, 0.15) is 18.1 Å². The van der Waals surface area contributed by atoms with Gasteiger partial charge in [-0.15, -0.1) is 0 Å². The number of hydrogen-bond donors (Lipinski definition) is 0. The van der Waals surface area contributed by atoms with Crippen molar-refractivity contribution in [3.8, 4) is 0 Å². The number of nitrogens with zero attached hydrogens (tertiary/aromatic N) is 2. The average Bonchev–Trinajstić information content (AvgIpc) is 3.04. The molecule has 0 aliphatic carbocycles. The van der Waals surface area contributed by atoms with Gasteiger partial charge >= 0.3 is 0 Å². The van der Waals surface area contributed by atoms with Crippen LogP contribution in [0.3, 0.4) is 0 Å². The van der Waals surface area contributed by atoms with E-state index in [0.29, 0.717) is 45.7 Å². The number of carbonyl (C=O) groups is 2. The third-order valence-corrected chi connectivity index (χ3v) is 5.77. The minimum absolute atomic E-state index is 0.340. The van der Waals surface area contributed by atoms with E-state index < -0.39 is 5.91 Å². The van der Waals surface area contributed by atoms with E-state index in [0.717, 1.165) is 10.5 Å². The van der Waals surface area contributed by atoms with Crippen LogP contribution >= 0.6 is 23.2 Å². The Morgan fingerprint density at radius 1 is 0.806 bits per heavy atom. The number of imide groups is 1. The first-order valence-corrected chi connectivity index (χ1v) is 10.7. The Morgan fingerprint density at radius 3 is 2.10 bits per heavy atom. The predicted molar refractivity (Wildman–Crippen MR) is 125 cm³/mol. The molecule has 31 heavy (non-hydrogen) atoms. The van der Waals surface area contributed by atoms with Crippen LogP contribution in [-0.4, -0.2) is 23.3 Å². The van der Waals surface area contributed by atoms with Crippen LogP contribution < -0.4 is 4.90 Å². The Morgan fingerprint density at radius 2 is 1.45 bits per heavy atom. The van der Waals surface area contributed by atoms with Crippen LogP contribution in [0.2, 0.25) is 10.0 Å². The summed E-state index contributed by atoms with van der Waals surface area (Å²) in [5.41, 5.74) is 2.76. The van der Waals surface area contributed by atoms with Gasteiger partial charge in [0.1, 0.15) is 5.70 Å². The number of hydrogen-bond acceptors (Lipinski definition) is 3. The molecule has 0 saturated heterocycles. The molecule has 0 fully saturated rings. The van der Waals surface area contributed by atoms with Gasteiger partial charge in [-0.1, -0.05) is 77.8 Å². The van der Waals surface area contributed by atoms with E-state index in [1.165, 1.54) is 0 Å². The highest BCUT2D eigenvalue weighted by molar-refractivity contribution is 6.47.